The molecule has 4 heterocycles. The van der Waals surface area contributed by atoms with Crippen LogP contribution in [0.5, 0.6) is 5.75 Å². The van der Waals surface area contributed by atoms with Gasteiger partial charge >= 0.3 is 0 Å². The highest BCUT2D eigenvalue weighted by molar-refractivity contribution is 5.94. The van der Waals surface area contributed by atoms with Crippen LogP contribution in [0.3, 0.4) is 0 Å². The van der Waals surface area contributed by atoms with Crippen LogP contribution in [-0.4, -0.2) is 91.2 Å². The third kappa shape index (κ3) is 4.89. The molecule has 2 aromatic heterocycles. The van der Waals surface area contributed by atoms with Gasteiger partial charge in [0.1, 0.15) is 5.69 Å². The van der Waals surface area contributed by atoms with Gasteiger partial charge in [0.05, 0.1) is 22.9 Å². The number of carbonyl (C=O) groups excluding carboxylic acids is 1. The first-order chi connectivity index (χ1) is 19.6. The number of halogens is 1. The van der Waals surface area contributed by atoms with E-state index in [0.29, 0.717) is 36.9 Å². The normalized spacial score (nSPS) is 19.6. The number of likely N-dealkylation sites (N-methyl/N-ethyl adjacent to an activating group) is 1. The Morgan fingerprint density at radius 3 is 2.76 bits per heavy atom. The van der Waals surface area contributed by atoms with Crippen molar-refractivity contribution in [2.45, 2.75) is 64.7 Å². The smallest absolute Gasteiger partial charge is 0.240 e. The molecule has 0 radical (unpaired) electrons. The number of benzene rings is 2. The Morgan fingerprint density at radius 1 is 1.24 bits per heavy atom. The number of H-pyrrole nitrogens is 2. The van der Waals surface area contributed by atoms with Gasteiger partial charge in [-0.1, -0.05) is 13.0 Å². The lowest BCUT2D eigenvalue weighted by molar-refractivity contribution is -0.137. The van der Waals surface area contributed by atoms with E-state index in [2.05, 4.69) is 52.9 Å². The predicted octanol–water partition coefficient (Wildman–Crippen LogP) is 4.32. The van der Waals surface area contributed by atoms with Gasteiger partial charge in [-0.3, -0.25) is 14.8 Å². The zero-order valence-electron chi connectivity index (χ0n) is 24.3. The molecule has 6 rings (SSSR count). The van der Waals surface area contributed by atoms with Crippen LogP contribution < -0.4 is 0 Å². The number of fused-ring (bicyclic) bond motifs is 2. The van der Waals surface area contributed by atoms with E-state index in [1.165, 1.54) is 12.1 Å². The highest BCUT2D eigenvalue weighted by atomic mass is 19.1. The number of aromatic amines is 2. The van der Waals surface area contributed by atoms with Gasteiger partial charge in [0.15, 0.2) is 17.4 Å². The topological polar surface area (TPSA) is 104 Å². The molecule has 0 unspecified atom stereocenters. The number of nitrogens with zero attached hydrogens (tertiary/aromatic N) is 5. The molecule has 0 aliphatic carbocycles. The maximum Gasteiger partial charge on any atom is 0.240 e. The van der Waals surface area contributed by atoms with Gasteiger partial charge in [0, 0.05) is 43.5 Å². The van der Waals surface area contributed by atoms with Crippen molar-refractivity contribution in [1.29, 1.82) is 0 Å². The summed E-state index contributed by atoms with van der Waals surface area (Å²) in [5.41, 5.74) is 5.91. The Morgan fingerprint density at radius 2 is 2.05 bits per heavy atom. The highest BCUT2D eigenvalue weighted by Crippen LogP contribution is 2.35. The van der Waals surface area contributed by atoms with E-state index in [1.54, 1.807) is 0 Å². The molecule has 4 aromatic rings. The number of phenols is 1. The summed E-state index contributed by atoms with van der Waals surface area (Å²) in [5.74, 6) is -0.119. The molecule has 1 saturated heterocycles. The van der Waals surface area contributed by atoms with Gasteiger partial charge in [-0.2, -0.15) is 5.10 Å². The Balaban J connectivity index is 1.29. The lowest BCUT2D eigenvalue weighted by Crippen LogP contribution is -2.53. The van der Waals surface area contributed by atoms with Crippen molar-refractivity contribution in [3.8, 4) is 28.4 Å². The molecule has 2 aromatic carbocycles. The van der Waals surface area contributed by atoms with Crippen LogP contribution in [0.15, 0.2) is 30.3 Å². The number of imidazole rings is 1. The van der Waals surface area contributed by atoms with E-state index in [-0.39, 0.29) is 23.7 Å². The molecule has 41 heavy (non-hydrogen) atoms. The summed E-state index contributed by atoms with van der Waals surface area (Å²) >= 11 is 0. The minimum absolute atomic E-state index is 0.188. The monoisotopic (exact) mass is 559 g/mol. The van der Waals surface area contributed by atoms with E-state index in [0.717, 1.165) is 58.5 Å². The zero-order chi connectivity index (χ0) is 29.0. The number of nitrogens with one attached hydrogen (secondary N) is 2. The van der Waals surface area contributed by atoms with Crippen LogP contribution in [0.25, 0.3) is 33.5 Å². The van der Waals surface area contributed by atoms with Crippen molar-refractivity contribution in [2.24, 2.45) is 0 Å². The number of aromatic nitrogens is 4. The number of hydrogen-bond acceptors (Lipinski definition) is 6. The molecule has 2 aliphatic heterocycles. The second-order valence-corrected chi connectivity index (χ2v) is 11.8. The number of carbonyl (C=O) groups is 1. The quantitative estimate of drug-likeness (QED) is 0.325. The highest BCUT2D eigenvalue weighted by Gasteiger charge is 2.39. The SMILES string of the molecule is CCc1cc(O)c(F)cc1-c1ccc2c(-c3nc4c([nH]3)CN(C(C)C)[C@H](C(=O)N3CC[C@H](N(C)C)C3)C4)n[nH]c2c1. The van der Waals surface area contributed by atoms with Gasteiger partial charge < -0.3 is 19.9 Å². The van der Waals surface area contributed by atoms with E-state index < -0.39 is 5.82 Å². The predicted molar refractivity (Wildman–Crippen MR) is 157 cm³/mol. The first kappa shape index (κ1) is 27.4. The molecule has 0 bridgehead atoms. The number of rotatable bonds is 6. The Labute approximate surface area is 239 Å². The average Bonchev–Trinajstić information content (AvgIpc) is 3.70. The second-order valence-electron chi connectivity index (χ2n) is 11.8. The summed E-state index contributed by atoms with van der Waals surface area (Å²) in [7, 11) is 4.15. The molecule has 1 amide bonds. The summed E-state index contributed by atoms with van der Waals surface area (Å²) < 4.78 is 14.2. The van der Waals surface area contributed by atoms with Gasteiger partial charge in [0.25, 0.3) is 0 Å². The van der Waals surface area contributed by atoms with E-state index in [1.807, 2.05) is 30.0 Å². The molecule has 216 valence electrons. The summed E-state index contributed by atoms with van der Waals surface area (Å²) in [6, 6.07) is 9.11. The number of phenolic OH excluding ortho intramolecular Hbond substituents is 1. The molecule has 0 saturated carbocycles. The fourth-order valence-corrected chi connectivity index (χ4v) is 6.33. The number of aryl methyl sites for hydroxylation is 1. The van der Waals surface area contributed by atoms with Gasteiger partial charge in [-0.15, -0.1) is 0 Å². The maximum atomic E-state index is 14.2. The molecule has 2 aliphatic rings. The second kappa shape index (κ2) is 10.6. The lowest BCUT2D eigenvalue weighted by atomic mass is 9.96. The molecule has 0 spiro atoms. The minimum atomic E-state index is -0.641. The van der Waals surface area contributed by atoms with Gasteiger partial charge in [0.2, 0.25) is 5.91 Å². The van der Waals surface area contributed by atoms with Crippen molar-refractivity contribution in [3.05, 3.63) is 53.1 Å². The van der Waals surface area contributed by atoms with Gasteiger partial charge in [-0.05, 0) is 81.7 Å². The molecule has 1 fully saturated rings. The third-order valence-corrected chi connectivity index (χ3v) is 8.80. The molecule has 10 heteroatoms. The van der Waals surface area contributed by atoms with Crippen molar-refractivity contribution >= 4 is 16.8 Å². The molecular weight excluding hydrogens is 521 g/mol. The van der Waals surface area contributed by atoms with Crippen LogP contribution in [0.2, 0.25) is 0 Å². The van der Waals surface area contributed by atoms with Crippen LogP contribution in [0.1, 0.15) is 44.1 Å². The van der Waals surface area contributed by atoms with E-state index in [4.69, 9.17) is 4.98 Å². The summed E-state index contributed by atoms with van der Waals surface area (Å²) in [6.07, 6.45) is 2.23. The third-order valence-electron chi connectivity index (χ3n) is 8.80. The first-order valence-electron chi connectivity index (χ1n) is 14.4. The van der Waals surface area contributed by atoms with Crippen molar-refractivity contribution < 1.29 is 14.3 Å². The van der Waals surface area contributed by atoms with Crippen molar-refractivity contribution in [2.75, 3.05) is 27.2 Å². The first-order valence-corrected chi connectivity index (χ1v) is 14.4. The Kier molecular flexibility index (Phi) is 7.07. The zero-order valence-corrected chi connectivity index (χ0v) is 24.3. The summed E-state index contributed by atoms with van der Waals surface area (Å²) in [6.45, 7) is 8.44. The molecular formula is C31H38FN7O2. The average molecular weight is 560 g/mol. The number of amides is 1. The van der Waals surface area contributed by atoms with Crippen LogP contribution in [0, 0.1) is 5.82 Å². The van der Waals surface area contributed by atoms with Gasteiger partial charge in [-0.25, -0.2) is 9.37 Å². The number of aromatic hydroxyl groups is 1. The van der Waals surface area contributed by atoms with E-state index in [9.17, 15) is 14.3 Å². The standard InChI is InChI=1S/C31H38FN7O2/c1-6-18-12-28(40)23(32)13-22(18)19-7-8-21-24(11-19)35-36-29(21)30-33-25-14-27(39(17(2)3)16-26(25)34-30)31(41)38-10-9-20(15-38)37(4)5/h7-8,11-13,17,20,27,40H,6,9-10,14-16H2,1-5H3,(H,33,34)(H,35,36)/t20-,27-/m0/s1. The fourth-order valence-electron chi connectivity index (χ4n) is 6.33. The van der Waals surface area contributed by atoms with Crippen molar-refractivity contribution in [3.63, 3.8) is 0 Å². The minimum Gasteiger partial charge on any atom is -0.505 e. The largest absolute Gasteiger partial charge is 0.505 e. The molecule has 3 N–H and O–H groups in total. The summed E-state index contributed by atoms with van der Waals surface area (Å²) in [4.78, 5) is 28.7. The van der Waals surface area contributed by atoms with Crippen LogP contribution >= 0.6 is 0 Å². The lowest BCUT2D eigenvalue weighted by Gasteiger charge is -2.38. The number of likely N-dealkylation sites (tertiary alicyclic amines) is 1. The Bertz CT molecular complexity index is 1610. The molecule has 9 nitrogen and oxygen atoms in total. The van der Waals surface area contributed by atoms with Crippen molar-refractivity contribution in [1.82, 2.24) is 34.9 Å². The van der Waals surface area contributed by atoms with E-state index >= 15 is 0 Å². The maximum absolute atomic E-state index is 14.2. The number of hydrogen-bond donors (Lipinski definition) is 3. The Hall–Kier alpha value is -3.76. The molecule has 2 atom stereocenters. The fraction of sp³-hybridized carbons (Fsp3) is 0.452. The van der Waals surface area contributed by atoms with Crippen LogP contribution in [-0.2, 0) is 24.2 Å². The summed E-state index contributed by atoms with van der Waals surface area (Å²) in [5, 5.41) is 18.4. The van der Waals surface area contributed by atoms with Crippen LogP contribution in [0.4, 0.5) is 4.39 Å².